The van der Waals surface area contributed by atoms with Crippen LogP contribution in [0.2, 0.25) is 0 Å². The number of benzene rings is 1. The summed E-state index contributed by atoms with van der Waals surface area (Å²) in [6.07, 6.45) is 1.17. The fourth-order valence-corrected chi connectivity index (χ4v) is 1.59. The lowest BCUT2D eigenvalue weighted by atomic mass is 10.2. The molecule has 0 saturated heterocycles. The summed E-state index contributed by atoms with van der Waals surface area (Å²) in [4.78, 5) is 23.0. The molecule has 0 spiro atoms. The fourth-order valence-electron chi connectivity index (χ4n) is 1.59. The maximum atomic E-state index is 11.7. The maximum Gasteiger partial charge on any atom is 0.243 e. The van der Waals surface area contributed by atoms with Crippen molar-refractivity contribution in [2.75, 3.05) is 26.1 Å². The van der Waals surface area contributed by atoms with Gasteiger partial charge < -0.3 is 20.1 Å². The second-order valence-corrected chi connectivity index (χ2v) is 4.14. The molecule has 110 valence electrons. The van der Waals surface area contributed by atoms with Crippen LogP contribution in [0, 0.1) is 0 Å². The number of hydrogen-bond acceptors (Lipinski definition) is 4. The molecule has 6 heteroatoms. The standard InChI is InChI=1S/C14H20N2O4/c1-4-5-13(17)15-9-14(18)16-11-7-6-10(19-2)8-12(11)20-3/h6-8H,4-5,9H2,1-3H3,(H,15,17)(H,16,18). The summed E-state index contributed by atoms with van der Waals surface area (Å²) in [7, 11) is 3.06. The minimum atomic E-state index is -0.307. The number of nitrogens with one attached hydrogen (secondary N) is 2. The third-order valence-corrected chi connectivity index (χ3v) is 2.61. The van der Waals surface area contributed by atoms with E-state index in [0.717, 1.165) is 6.42 Å². The maximum absolute atomic E-state index is 11.7. The minimum Gasteiger partial charge on any atom is -0.497 e. The van der Waals surface area contributed by atoms with E-state index in [2.05, 4.69) is 10.6 Å². The first-order chi connectivity index (χ1) is 9.60. The summed E-state index contributed by atoms with van der Waals surface area (Å²) in [6.45, 7) is 1.84. The molecule has 0 aromatic heterocycles. The molecule has 0 aliphatic rings. The normalized spacial score (nSPS) is 9.75. The zero-order chi connectivity index (χ0) is 15.0. The number of anilines is 1. The molecule has 0 bridgehead atoms. The van der Waals surface area contributed by atoms with Crippen LogP contribution in [0.4, 0.5) is 5.69 Å². The average Bonchev–Trinajstić information content (AvgIpc) is 2.46. The second-order valence-electron chi connectivity index (χ2n) is 4.14. The van der Waals surface area contributed by atoms with E-state index >= 15 is 0 Å². The van der Waals surface area contributed by atoms with Gasteiger partial charge in [0.05, 0.1) is 26.5 Å². The number of amides is 2. The molecule has 2 amide bonds. The molecule has 0 fully saturated rings. The van der Waals surface area contributed by atoms with Crippen molar-refractivity contribution in [2.24, 2.45) is 0 Å². The largest absolute Gasteiger partial charge is 0.497 e. The van der Waals surface area contributed by atoms with Crippen LogP contribution < -0.4 is 20.1 Å². The van der Waals surface area contributed by atoms with Gasteiger partial charge in [-0.2, -0.15) is 0 Å². The van der Waals surface area contributed by atoms with Gasteiger partial charge in [0.15, 0.2) is 0 Å². The quantitative estimate of drug-likeness (QED) is 0.794. The Morgan fingerprint density at radius 3 is 2.50 bits per heavy atom. The molecule has 20 heavy (non-hydrogen) atoms. The van der Waals surface area contributed by atoms with Gasteiger partial charge in [-0.05, 0) is 18.6 Å². The van der Waals surface area contributed by atoms with Crippen molar-refractivity contribution >= 4 is 17.5 Å². The Morgan fingerprint density at radius 1 is 1.15 bits per heavy atom. The van der Waals surface area contributed by atoms with Crippen LogP contribution in [0.15, 0.2) is 18.2 Å². The number of carbonyl (C=O) groups is 2. The van der Waals surface area contributed by atoms with Gasteiger partial charge in [0.2, 0.25) is 11.8 Å². The van der Waals surface area contributed by atoms with E-state index in [1.165, 1.54) is 7.11 Å². The summed E-state index contributed by atoms with van der Waals surface area (Å²) in [5.41, 5.74) is 0.531. The van der Waals surface area contributed by atoms with E-state index in [0.29, 0.717) is 23.6 Å². The number of carbonyl (C=O) groups excluding carboxylic acids is 2. The molecule has 1 aromatic rings. The summed E-state index contributed by atoms with van der Waals surface area (Å²) >= 11 is 0. The molecule has 0 unspecified atom stereocenters. The van der Waals surface area contributed by atoms with Gasteiger partial charge in [0, 0.05) is 12.5 Å². The van der Waals surface area contributed by atoms with Crippen molar-refractivity contribution in [2.45, 2.75) is 19.8 Å². The summed E-state index contributed by atoms with van der Waals surface area (Å²) in [5, 5.41) is 5.22. The van der Waals surface area contributed by atoms with Gasteiger partial charge in [-0.25, -0.2) is 0 Å². The predicted molar refractivity (Wildman–Crippen MR) is 76.1 cm³/mol. The van der Waals surface area contributed by atoms with Crippen molar-refractivity contribution in [1.29, 1.82) is 0 Å². The summed E-state index contributed by atoms with van der Waals surface area (Å²) in [5.74, 6) is 0.691. The SMILES string of the molecule is CCCC(=O)NCC(=O)Nc1ccc(OC)cc1OC. The number of hydrogen-bond donors (Lipinski definition) is 2. The van der Waals surface area contributed by atoms with E-state index in [1.54, 1.807) is 25.3 Å². The van der Waals surface area contributed by atoms with Crippen LogP contribution in [0.1, 0.15) is 19.8 Å². The molecular weight excluding hydrogens is 260 g/mol. The summed E-state index contributed by atoms with van der Waals surface area (Å²) in [6, 6.07) is 5.07. The molecule has 6 nitrogen and oxygen atoms in total. The Hall–Kier alpha value is -2.24. The molecule has 0 aliphatic heterocycles. The Labute approximate surface area is 118 Å². The smallest absolute Gasteiger partial charge is 0.243 e. The highest BCUT2D eigenvalue weighted by atomic mass is 16.5. The first kappa shape index (κ1) is 15.8. The van der Waals surface area contributed by atoms with Crippen LogP contribution in [-0.2, 0) is 9.59 Å². The van der Waals surface area contributed by atoms with Gasteiger partial charge in [0.25, 0.3) is 0 Å². The van der Waals surface area contributed by atoms with Gasteiger partial charge in [0.1, 0.15) is 11.5 Å². The Bertz CT molecular complexity index is 474. The molecule has 1 aromatic carbocycles. The number of rotatable bonds is 7. The fraction of sp³-hybridized carbons (Fsp3) is 0.429. The minimum absolute atomic E-state index is 0.0615. The van der Waals surface area contributed by atoms with Crippen LogP contribution >= 0.6 is 0 Å². The first-order valence-corrected chi connectivity index (χ1v) is 6.39. The zero-order valence-corrected chi connectivity index (χ0v) is 12.0. The lowest BCUT2D eigenvalue weighted by Gasteiger charge is -2.12. The topological polar surface area (TPSA) is 76.7 Å². The van der Waals surface area contributed by atoms with Gasteiger partial charge in [-0.1, -0.05) is 6.92 Å². The zero-order valence-electron chi connectivity index (χ0n) is 12.0. The highest BCUT2D eigenvalue weighted by molar-refractivity contribution is 5.95. The Morgan fingerprint density at radius 2 is 1.90 bits per heavy atom. The van der Waals surface area contributed by atoms with E-state index in [4.69, 9.17) is 9.47 Å². The number of ether oxygens (including phenoxy) is 2. The van der Waals surface area contributed by atoms with Crippen LogP contribution in [0.25, 0.3) is 0 Å². The monoisotopic (exact) mass is 280 g/mol. The van der Waals surface area contributed by atoms with E-state index in [-0.39, 0.29) is 18.4 Å². The van der Waals surface area contributed by atoms with Gasteiger partial charge in [-0.15, -0.1) is 0 Å². The lowest BCUT2D eigenvalue weighted by Crippen LogP contribution is -2.32. The molecular formula is C14H20N2O4. The van der Waals surface area contributed by atoms with Crippen molar-refractivity contribution in [1.82, 2.24) is 5.32 Å². The molecule has 2 N–H and O–H groups in total. The second kappa shape index (κ2) is 8.04. The third kappa shape index (κ3) is 4.79. The molecule has 0 saturated carbocycles. The van der Waals surface area contributed by atoms with Crippen molar-refractivity contribution < 1.29 is 19.1 Å². The molecule has 1 rings (SSSR count). The van der Waals surface area contributed by atoms with Gasteiger partial charge in [-0.3, -0.25) is 9.59 Å². The highest BCUT2D eigenvalue weighted by Crippen LogP contribution is 2.28. The molecule has 0 aliphatic carbocycles. The van der Waals surface area contributed by atoms with Crippen LogP contribution in [0.5, 0.6) is 11.5 Å². The average molecular weight is 280 g/mol. The highest BCUT2D eigenvalue weighted by Gasteiger charge is 2.09. The van der Waals surface area contributed by atoms with Crippen molar-refractivity contribution in [3.8, 4) is 11.5 Å². The van der Waals surface area contributed by atoms with Crippen molar-refractivity contribution in [3.63, 3.8) is 0 Å². The number of methoxy groups -OCH3 is 2. The van der Waals surface area contributed by atoms with Gasteiger partial charge >= 0.3 is 0 Å². The first-order valence-electron chi connectivity index (χ1n) is 6.39. The van der Waals surface area contributed by atoms with E-state index in [1.807, 2.05) is 6.92 Å². The van der Waals surface area contributed by atoms with Crippen LogP contribution in [-0.4, -0.2) is 32.6 Å². The molecule has 0 atom stereocenters. The Kier molecular flexibility index (Phi) is 6.36. The molecule has 0 radical (unpaired) electrons. The lowest BCUT2D eigenvalue weighted by molar-refractivity contribution is -0.124. The predicted octanol–water partition coefficient (Wildman–Crippen LogP) is 1.56. The van der Waals surface area contributed by atoms with Crippen molar-refractivity contribution in [3.05, 3.63) is 18.2 Å². The molecule has 0 heterocycles. The van der Waals surface area contributed by atoms with E-state index < -0.39 is 0 Å². The van der Waals surface area contributed by atoms with Crippen LogP contribution in [0.3, 0.4) is 0 Å². The summed E-state index contributed by atoms with van der Waals surface area (Å²) < 4.78 is 10.2. The Balaban J connectivity index is 2.59. The third-order valence-electron chi connectivity index (χ3n) is 2.61. The van der Waals surface area contributed by atoms with E-state index in [9.17, 15) is 9.59 Å².